The molecule has 2 aromatic rings. The molecule has 1 N–H and O–H groups in total. The van der Waals surface area contributed by atoms with E-state index in [1.54, 1.807) is 19.9 Å². The number of hydrogen-bond donors (Lipinski definition) is 1. The number of rotatable bonds is 2. The molecule has 0 fully saturated rings. The van der Waals surface area contributed by atoms with E-state index in [1.165, 1.54) is 0 Å². The number of ketones is 1. The second-order valence-electron chi connectivity index (χ2n) is 5.66. The number of aromatic nitrogens is 1. The first-order valence-corrected chi connectivity index (χ1v) is 7.46. The number of carbonyl (C=O) groups excluding carboxylic acids is 2. The maximum Gasteiger partial charge on any atom is 0.261 e. The largest absolute Gasteiger partial charge is 0.361 e. The predicted octanol–water partition coefficient (Wildman–Crippen LogP) is 3.45. The zero-order valence-electron chi connectivity index (χ0n) is 12.7. The van der Waals surface area contributed by atoms with Gasteiger partial charge in [-0.15, -0.1) is 0 Å². The van der Waals surface area contributed by atoms with Gasteiger partial charge >= 0.3 is 0 Å². The monoisotopic (exact) mass is 298 g/mol. The standard InChI is InChI=1S/C17H18N2O3/c1-10-16(11(2)22-19-10)17(21)18-13-8-7-12-5-3-4-6-15(20)14(12)9-13/h7-9H,3-6H2,1-2H3,(H,18,21). The van der Waals surface area contributed by atoms with Crippen molar-refractivity contribution in [1.82, 2.24) is 5.16 Å². The molecule has 0 unspecified atom stereocenters. The van der Waals surface area contributed by atoms with Gasteiger partial charge in [-0.2, -0.15) is 0 Å². The number of fused-ring (bicyclic) bond motifs is 1. The normalized spacial score (nSPS) is 14.4. The van der Waals surface area contributed by atoms with Crippen LogP contribution < -0.4 is 5.32 Å². The number of nitrogens with zero attached hydrogens (tertiary/aromatic N) is 1. The summed E-state index contributed by atoms with van der Waals surface area (Å²) >= 11 is 0. The first-order chi connectivity index (χ1) is 10.6. The number of hydrogen-bond acceptors (Lipinski definition) is 4. The molecule has 0 spiro atoms. The van der Waals surface area contributed by atoms with Crippen LogP contribution >= 0.6 is 0 Å². The van der Waals surface area contributed by atoms with Gasteiger partial charge in [-0.1, -0.05) is 11.2 Å². The van der Waals surface area contributed by atoms with Gasteiger partial charge in [0.2, 0.25) is 0 Å². The van der Waals surface area contributed by atoms with Crippen molar-refractivity contribution in [1.29, 1.82) is 0 Å². The van der Waals surface area contributed by atoms with Crippen LogP contribution in [-0.4, -0.2) is 16.8 Å². The van der Waals surface area contributed by atoms with E-state index < -0.39 is 0 Å². The Labute approximate surface area is 128 Å². The van der Waals surface area contributed by atoms with Crippen molar-refractivity contribution in [2.24, 2.45) is 0 Å². The van der Waals surface area contributed by atoms with E-state index in [1.807, 2.05) is 12.1 Å². The molecular formula is C17H18N2O3. The Morgan fingerprint density at radius 1 is 1.23 bits per heavy atom. The van der Waals surface area contributed by atoms with Crippen LogP contribution in [-0.2, 0) is 6.42 Å². The topological polar surface area (TPSA) is 72.2 Å². The summed E-state index contributed by atoms with van der Waals surface area (Å²) in [5, 5.41) is 6.61. The van der Waals surface area contributed by atoms with Crippen LogP contribution in [0.4, 0.5) is 5.69 Å². The maximum absolute atomic E-state index is 12.3. The summed E-state index contributed by atoms with van der Waals surface area (Å²) in [6.45, 7) is 3.43. The zero-order valence-corrected chi connectivity index (χ0v) is 12.7. The first kappa shape index (κ1) is 14.5. The molecule has 5 nitrogen and oxygen atoms in total. The molecule has 1 heterocycles. The summed E-state index contributed by atoms with van der Waals surface area (Å²) < 4.78 is 5.01. The summed E-state index contributed by atoms with van der Waals surface area (Å²) in [5.41, 5.74) is 3.42. The van der Waals surface area contributed by atoms with Crippen molar-refractivity contribution < 1.29 is 14.1 Å². The minimum Gasteiger partial charge on any atom is -0.361 e. The third kappa shape index (κ3) is 2.66. The van der Waals surface area contributed by atoms with E-state index in [4.69, 9.17) is 4.52 Å². The molecule has 1 amide bonds. The molecule has 0 radical (unpaired) electrons. The van der Waals surface area contributed by atoms with E-state index in [2.05, 4.69) is 10.5 Å². The maximum atomic E-state index is 12.3. The lowest BCUT2D eigenvalue weighted by Gasteiger charge is -2.09. The van der Waals surface area contributed by atoms with Crippen molar-refractivity contribution >= 4 is 17.4 Å². The molecule has 114 valence electrons. The minimum atomic E-state index is -0.266. The summed E-state index contributed by atoms with van der Waals surface area (Å²) in [6.07, 6.45) is 3.45. The first-order valence-electron chi connectivity index (χ1n) is 7.46. The molecule has 0 atom stereocenters. The van der Waals surface area contributed by atoms with Crippen LogP contribution in [0.5, 0.6) is 0 Å². The van der Waals surface area contributed by atoms with Crippen molar-refractivity contribution in [3.05, 3.63) is 46.3 Å². The Kier molecular flexibility index (Phi) is 3.79. The third-order valence-corrected chi connectivity index (χ3v) is 4.03. The number of anilines is 1. The molecule has 1 aliphatic rings. The molecule has 0 bridgehead atoms. The summed E-state index contributed by atoms with van der Waals surface area (Å²) in [6, 6.07) is 5.55. The Balaban J connectivity index is 1.87. The number of benzene rings is 1. The van der Waals surface area contributed by atoms with Crippen molar-refractivity contribution in [2.45, 2.75) is 39.5 Å². The van der Waals surface area contributed by atoms with Crippen molar-refractivity contribution in [2.75, 3.05) is 5.32 Å². The Bertz CT molecular complexity index is 727. The van der Waals surface area contributed by atoms with Gasteiger partial charge in [0.25, 0.3) is 5.91 Å². The van der Waals surface area contributed by atoms with Crippen LogP contribution in [0.1, 0.15) is 57.0 Å². The highest BCUT2D eigenvalue weighted by Gasteiger charge is 2.19. The smallest absolute Gasteiger partial charge is 0.261 e. The fourth-order valence-corrected chi connectivity index (χ4v) is 2.87. The van der Waals surface area contributed by atoms with E-state index in [9.17, 15) is 9.59 Å². The van der Waals surface area contributed by atoms with Gasteiger partial charge in [0.1, 0.15) is 11.3 Å². The summed E-state index contributed by atoms with van der Waals surface area (Å²) in [7, 11) is 0. The second-order valence-corrected chi connectivity index (χ2v) is 5.66. The van der Waals surface area contributed by atoms with Crippen LogP contribution in [0.25, 0.3) is 0 Å². The molecular weight excluding hydrogens is 280 g/mol. The fraction of sp³-hybridized carbons (Fsp3) is 0.353. The quantitative estimate of drug-likeness (QED) is 0.862. The van der Waals surface area contributed by atoms with Crippen LogP contribution in [0.2, 0.25) is 0 Å². The highest BCUT2D eigenvalue weighted by Crippen LogP contribution is 2.24. The lowest BCUT2D eigenvalue weighted by atomic mass is 10.0. The predicted molar refractivity (Wildman–Crippen MR) is 82.3 cm³/mol. The number of Topliss-reactive ketones (excluding diaryl/α,β-unsaturated/α-hetero) is 1. The van der Waals surface area contributed by atoms with E-state index in [0.29, 0.717) is 29.1 Å². The molecule has 1 aromatic carbocycles. The fourth-order valence-electron chi connectivity index (χ4n) is 2.87. The lowest BCUT2D eigenvalue weighted by molar-refractivity contribution is 0.0979. The molecule has 1 aromatic heterocycles. The number of carbonyl (C=O) groups is 2. The van der Waals surface area contributed by atoms with Crippen molar-refractivity contribution in [3.63, 3.8) is 0 Å². The summed E-state index contributed by atoms with van der Waals surface area (Å²) in [4.78, 5) is 24.5. The second kappa shape index (κ2) is 5.75. The van der Waals surface area contributed by atoms with Gasteiger partial charge in [-0.25, -0.2) is 0 Å². The number of amides is 1. The van der Waals surface area contributed by atoms with Crippen molar-refractivity contribution in [3.8, 4) is 0 Å². The molecule has 0 aliphatic heterocycles. The average molecular weight is 298 g/mol. The molecule has 0 saturated heterocycles. The zero-order chi connectivity index (χ0) is 15.7. The highest BCUT2D eigenvalue weighted by atomic mass is 16.5. The highest BCUT2D eigenvalue weighted by molar-refractivity contribution is 6.06. The number of aryl methyl sites for hydroxylation is 3. The van der Waals surface area contributed by atoms with Gasteiger partial charge in [0, 0.05) is 17.7 Å². The van der Waals surface area contributed by atoms with Gasteiger partial charge in [-0.3, -0.25) is 9.59 Å². The number of nitrogens with one attached hydrogen (secondary N) is 1. The van der Waals surface area contributed by atoms with Gasteiger partial charge in [0.05, 0.1) is 5.69 Å². The molecule has 1 aliphatic carbocycles. The van der Waals surface area contributed by atoms with E-state index in [0.717, 1.165) is 30.4 Å². The minimum absolute atomic E-state index is 0.154. The lowest BCUT2D eigenvalue weighted by Crippen LogP contribution is -2.14. The van der Waals surface area contributed by atoms with Gasteiger partial charge < -0.3 is 9.84 Å². The van der Waals surface area contributed by atoms with Crippen LogP contribution in [0.3, 0.4) is 0 Å². The van der Waals surface area contributed by atoms with Gasteiger partial charge in [-0.05, 0) is 50.8 Å². The Morgan fingerprint density at radius 3 is 2.73 bits per heavy atom. The molecule has 5 heteroatoms. The molecule has 3 rings (SSSR count). The Hall–Kier alpha value is -2.43. The Morgan fingerprint density at radius 2 is 2.00 bits per heavy atom. The average Bonchev–Trinajstić information content (AvgIpc) is 2.72. The molecule has 22 heavy (non-hydrogen) atoms. The third-order valence-electron chi connectivity index (χ3n) is 4.03. The summed E-state index contributed by atoms with van der Waals surface area (Å²) in [5.74, 6) is 0.374. The van der Waals surface area contributed by atoms with E-state index >= 15 is 0 Å². The SMILES string of the molecule is Cc1noc(C)c1C(=O)Nc1ccc2c(c1)C(=O)CCCC2. The van der Waals surface area contributed by atoms with Gasteiger partial charge in [0.15, 0.2) is 5.78 Å². The molecule has 0 saturated carbocycles. The van der Waals surface area contributed by atoms with Crippen LogP contribution in [0, 0.1) is 13.8 Å². The van der Waals surface area contributed by atoms with E-state index in [-0.39, 0.29) is 11.7 Å². The van der Waals surface area contributed by atoms with Crippen LogP contribution in [0.15, 0.2) is 22.7 Å².